The third-order valence-corrected chi connectivity index (χ3v) is 3.44. The summed E-state index contributed by atoms with van der Waals surface area (Å²) in [5.41, 5.74) is 0.127. The molecule has 1 aliphatic heterocycles. The Kier molecular flexibility index (Phi) is 5.14. The van der Waals surface area contributed by atoms with Crippen LogP contribution < -0.4 is 0 Å². The first kappa shape index (κ1) is 15.7. The van der Waals surface area contributed by atoms with Crippen LogP contribution in [0.25, 0.3) is 0 Å². The Balaban J connectivity index is 2.12. The van der Waals surface area contributed by atoms with Crippen molar-refractivity contribution >= 4 is 5.91 Å². The molecule has 0 aromatic heterocycles. The van der Waals surface area contributed by atoms with Crippen LogP contribution in [0.3, 0.4) is 0 Å². The average Bonchev–Trinajstić information content (AvgIpc) is 2.63. The number of benzene rings is 1. The molecule has 21 heavy (non-hydrogen) atoms. The number of phenolic OH excluding ortho intramolecular Hbond substituents is 1. The van der Waals surface area contributed by atoms with Crippen LogP contribution in [0, 0.1) is 11.7 Å². The monoisotopic (exact) mass is 296 g/mol. The Bertz CT molecular complexity index is 508. The summed E-state index contributed by atoms with van der Waals surface area (Å²) < 4.78 is 18.5. The predicted octanol–water partition coefficient (Wildman–Crippen LogP) is 1.18. The number of rotatable bonds is 3. The first-order chi connectivity index (χ1) is 9.97. The number of aromatic hydroxyl groups is 1. The van der Waals surface area contributed by atoms with E-state index < -0.39 is 5.82 Å². The predicted molar refractivity (Wildman–Crippen MR) is 76.8 cm³/mol. The molecular formula is C15H21FN2O3. The van der Waals surface area contributed by atoms with E-state index in [0.29, 0.717) is 26.3 Å². The van der Waals surface area contributed by atoms with Gasteiger partial charge in [-0.2, -0.15) is 0 Å². The van der Waals surface area contributed by atoms with E-state index >= 15 is 0 Å². The van der Waals surface area contributed by atoms with Crippen LogP contribution in [-0.4, -0.2) is 67.8 Å². The van der Waals surface area contributed by atoms with Gasteiger partial charge >= 0.3 is 0 Å². The van der Waals surface area contributed by atoms with E-state index in [9.17, 15) is 14.3 Å². The van der Waals surface area contributed by atoms with E-state index in [1.807, 2.05) is 14.1 Å². The summed E-state index contributed by atoms with van der Waals surface area (Å²) >= 11 is 0. The van der Waals surface area contributed by atoms with Gasteiger partial charge in [-0.05, 0) is 26.2 Å². The third-order valence-electron chi connectivity index (χ3n) is 3.44. The molecule has 1 N–H and O–H groups in total. The lowest BCUT2D eigenvalue weighted by atomic mass is 10.1. The van der Waals surface area contributed by atoms with Crippen LogP contribution in [0.2, 0.25) is 0 Å². The number of carbonyl (C=O) groups excluding carboxylic acids is 1. The molecule has 1 heterocycles. The minimum absolute atomic E-state index is 0.127. The maximum Gasteiger partial charge on any atom is 0.257 e. The number of hydrogen-bond donors (Lipinski definition) is 1. The van der Waals surface area contributed by atoms with Crippen LogP contribution in [0.4, 0.5) is 4.39 Å². The molecule has 1 atom stereocenters. The third kappa shape index (κ3) is 4.15. The second kappa shape index (κ2) is 6.87. The zero-order chi connectivity index (χ0) is 15.4. The van der Waals surface area contributed by atoms with Gasteiger partial charge in [0.15, 0.2) is 0 Å². The second-order valence-electron chi connectivity index (χ2n) is 5.62. The van der Waals surface area contributed by atoms with Crippen molar-refractivity contribution in [3.05, 3.63) is 29.6 Å². The van der Waals surface area contributed by atoms with Crippen molar-refractivity contribution in [2.75, 3.05) is 46.9 Å². The van der Waals surface area contributed by atoms with Crippen molar-refractivity contribution in [2.24, 2.45) is 5.92 Å². The number of halogens is 1. The van der Waals surface area contributed by atoms with Crippen molar-refractivity contribution in [3.8, 4) is 5.75 Å². The van der Waals surface area contributed by atoms with Gasteiger partial charge in [-0.25, -0.2) is 4.39 Å². The molecule has 0 aliphatic carbocycles. The van der Waals surface area contributed by atoms with Gasteiger partial charge in [0.1, 0.15) is 11.6 Å². The number of hydrogen-bond acceptors (Lipinski definition) is 4. The van der Waals surface area contributed by atoms with Crippen LogP contribution in [0.1, 0.15) is 10.4 Å². The van der Waals surface area contributed by atoms with Crippen molar-refractivity contribution < 1.29 is 19.0 Å². The SMILES string of the molecule is CN(C)C[C@@H]1COCCN(C(=O)c2ccc(F)cc2O)C1. The van der Waals surface area contributed by atoms with E-state index in [2.05, 4.69) is 4.90 Å². The largest absolute Gasteiger partial charge is 0.507 e. The molecule has 0 unspecified atom stereocenters. The fourth-order valence-corrected chi connectivity index (χ4v) is 2.55. The minimum Gasteiger partial charge on any atom is -0.507 e. The number of amides is 1. The quantitative estimate of drug-likeness (QED) is 0.910. The van der Waals surface area contributed by atoms with Crippen molar-refractivity contribution in [2.45, 2.75) is 0 Å². The molecule has 1 aromatic carbocycles. The van der Waals surface area contributed by atoms with Gasteiger partial charge in [-0.1, -0.05) is 0 Å². The highest BCUT2D eigenvalue weighted by molar-refractivity contribution is 5.96. The van der Waals surface area contributed by atoms with Crippen molar-refractivity contribution in [1.82, 2.24) is 9.80 Å². The Hall–Kier alpha value is -1.66. The molecular weight excluding hydrogens is 275 g/mol. The molecule has 1 saturated heterocycles. The standard InChI is InChI=1S/C15H21FN2O3/c1-17(2)8-11-9-18(5-6-21-10-11)15(20)13-4-3-12(16)7-14(13)19/h3-4,7,11,19H,5-6,8-10H2,1-2H3/t11-/m0/s1. The molecule has 0 saturated carbocycles. The first-order valence-corrected chi connectivity index (χ1v) is 6.97. The number of carbonyl (C=O) groups is 1. The van der Waals surface area contributed by atoms with Gasteiger partial charge in [0.05, 0.1) is 18.8 Å². The molecule has 116 valence electrons. The summed E-state index contributed by atoms with van der Waals surface area (Å²) in [6.45, 7) is 2.93. The lowest BCUT2D eigenvalue weighted by Crippen LogP contribution is -2.38. The highest BCUT2D eigenvalue weighted by atomic mass is 19.1. The van der Waals surface area contributed by atoms with E-state index in [0.717, 1.165) is 12.6 Å². The molecule has 1 amide bonds. The van der Waals surface area contributed by atoms with Crippen LogP contribution >= 0.6 is 0 Å². The van der Waals surface area contributed by atoms with Gasteiger partial charge in [-0.3, -0.25) is 4.79 Å². The topological polar surface area (TPSA) is 53.0 Å². The van der Waals surface area contributed by atoms with Gasteiger partial charge in [0, 0.05) is 31.6 Å². The summed E-state index contributed by atoms with van der Waals surface area (Å²) in [6.07, 6.45) is 0. The minimum atomic E-state index is -0.561. The van der Waals surface area contributed by atoms with Crippen molar-refractivity contribution in [3.63, 3.8) is 0 Å². The zero-order valence-electron chi connectivity index (χ0n) is 12.4. The van der Waals surface area contributed by atoms with Gasteiger partial charge < -0.3 is 19.6 Å². The molecule has 0 spiro atoms. The van der Waals surface area contributed by atoms with Gasteiger partial charge in [0.2, 0.25) is 0 Å². The molecule has 5 nitrogen and oxygen atoms in total. The summed E-state index contributed by atoms with van der Waals surface area (Å²) in [7, 11) is 3.95. The van der Waals surface area contributed by atoms with E-state index in [4.69, 9.17) is 4.74 Å². The van der Waals surface area contributed by atoms with E-state index in [1.165, 1.54) is 12.1 Å². The molecule has 2 rings (SSSR count). The maximum absolute atomic E-state index is 13.0. The fourth-order valence-electron chi connectivity index (χ4n) is 2.55. The van der Waals surface area contributed by atoms with Crippen LogP contribution in [0.15, 0.2) is 18.2 Å². The number of phenols is 1. The van der Waals surface area contributed by atoms with Gasteiger partial charge in [-0.15, -0.1) is 0 Å². The van der Waals surface area contributed by atoms with Crippen LogP contribution in [-0.2, 0) is 4.74 Å². The molecule has 1 aromatic rings. The summed E-state index contributed by atoms with van der Waals surface area (Å²) in [4.78, 5) is 16.2. The second-order valence-corrected chi connectivity index (χ2v) is 5.62. The summed E-state index contributed by atoms with van der Waals surface area (Å²) in [5.74, 6) is -0.959. The Morgan fingerprint density at radius 2 is 2.29 bits per heavy atom. The smallest absolute Gasteiger partial charge is 0.257 e. The first-order valence-electron chi connectivity index (χ1n) is 6.97. The normalized spacial score (nSPS) is 19.6. The Labute approximate surface area is 123 Å². The van der Waals surface area contributed by atoms with E-state index in [-0.39, 0.29) is 23.1 Å². The highest BCUT2D eigenvalue weighted by Crippen LogP contribution is 2.21. The molecule has 1 fully saturated rings. The Morgan fingerprint density at radius 3 is 2.95 bits per heavy atom. The Morgan fingerprint density at radius 1 is 1.52 bits per heavy atom. The lowest BCUT2D eigenvalue weighted by Gasteiger charge is -2.25. The molecule has 6 heteroatoms. The highest BCUT2D eigenvalue weighted by Gasteiger charge is 2.25. The summed E-state index contributed by atoms with van der Waals surface area (Å²) in [5, 5.41) is 9.75. The average molecular weight is 296 g/mol. The lowest BCUT2D eigenvalue weighted by molar-refractivity contribution is 0.0732. The zero-order valence-corrected chi connectivity index (χ0v) is 12.4. The van der Waals surface area contributed by atoms with Crippen LogP contribution in [0.5, 0.6) is 5.75 Å². The molecule has 0 bridgehead atoms. The number of nitrogens with zero attached hydrogens (tertiary/aromatic N) is 2. The fraction of sp³-hybridized carbons (Fsp3) is 0.533. The molecule has 1 aliphatic rings. The molecule has 0 radical (unpaired) electrons. The number of ether oxygens (including phenoxy) is 1. The van der Waals surface area contributed by atoms with Gasteiger partial charge in [0.25, 0.3) is 5.91 Å². The van der Waals surface area contributed by atoms with E-state index in [1.54, 1.807) is 4.90 Å². The maximum atomic E-state index is 13.0. The summed E-state index contributed by atoms with van der Waals surface area (Å²) in [6, 6.07) is 3.46. The van der Waals surface area contributed by atoms with Crippen molar-refractivity contribution in [1.29, 1.82) is 0 Å².